The van der Waals surface area contributed by atoms with E-state index in [2.05, 4.69) is 11.4 Å². The molecule has 0 spiro atoms. The summed E-state index contributed by atoms with van der Waals surface area (Å²) in [5.41, 5.74) is 1.42. The highest BCUT2D eigenvalue weighted by Crippen LogP contribution is 2.21. The second kappa shape index (κ2) is 4.52. The summed E-state index contributed by atoms with van der Waals surface area (Å²) in [6, 6.07) is 7.78. The summed E-state index contributed by atoms with van der Waals surface area (Å²) >= 11 is 5.84. The van der Waals surface area contributed by atoms with Gasteiger partial charge < -0.3 is 10.1 Å². The van der Waals surface area contributed by atoms with E-state index in [0.29, 0.717) is 16.6 Å². The monoisotopic (exact) mass is 222 g/mol. The molecule has 1 atom stereocenters. The SMILES string of the molecule is N#Cc1cc(NC2CCOC2)ccc1Cl. The highest BCUT2D eigenvalue weighted by molar-refractivity contribution is 6.31. The quantitative estimate of drug-likeness (QED) is 0.836. The summed E-state index contributed by atoms with van der Waals surface area (Å²) in [5.74, 6) is 0. The highest BCUT2D eigenvalue weighted by atomic mass is 35.5. The van der Waals surface area contributed by atoms with E-state index in [-0.39, 0.29) is 0 Å². The average molecular weight is 223 g/mol. The maximum absolute atomic E-state index is 8.82. The molecule has 1 aliphatic heterocycles. The number of ether oxygens (including phenoxy) is 1. The number of nitrogens with one attached hydrogen (secondary N) is 1. The molecule has 1 aromatic rings. The Labute approximate surface area is 93.6 Å². The molecule has 78 valence electrons. The number of hydrogen-bond acceptors (Lipinski definition) is 3. The maximum atomic E-state index is 8.82. The van der Waals surface area contributed by atoms with Crippen LogP contribution in [0.15, 0.2) is 18.2 Å². The fourth-order valence-corrected chi connectivity index (χ4v) is 1.74. The van der Waals surface area contributed by atoms with E-state index in [4.69, 9.17) is 21.6 Å². The first-order valence-electron chi connectivity index (χ1n) is 4.83. The molecule has 1 N–H and O–H groups in total. The minimum atomic E-state index is 0.345. The number of nitriles is 1. The number of benzene rings is 1. The third-order valence-corrected chi connectivity index (χ3v) is 2.72. The minimum absolute atomic E-state index is 0.345. The molecule has 0 aromatic heterocycles. The van der Waals surface area contributed by atoms with E-state index < -0.39 is 0 Å². The molecule has 15 heavy (non-hydrogen) atoms. The second-order valence-electron chi connectivity index (χ2n) is 3.51. The molecular weight excluding hydrogens is 212 g/mol. The average Bonchev–Trinajstić information content (AvgIpc) is 2.73. The molecule has 1 heterocycles. The van der Waals surface area contributed by atoms with E-state index in [0.717, 1.165) is 25.3 Å². The Morgan fingerprint density at radius 1 is 1.53 bits per heavy atom. The molecule has 4 heteroatoms. The van der Waals surface area contributed by atoms with Gasteiger partial charge in [-0.05, 0) is 24.6 Å². The summed E-state index contributed by atoms with van der Waals surface area (Å²) in [6.07, 6.45) is 1.00. The van der Waals surface area contributed by atoms with E-state index >= 15 is 0 Å². The molecule has 0 bridgehead atoms. The summed E-state index contributed by atoms with van der Waals surface area (Å²) in [5, 5.41) is 12.6. The van der Waals surface area contributed by atoms with Crippen LogP contribution in [0.4, 0.5) is 5.69 Å². The van der Waals surface area contributed by atoms with E-state index in [1.54, 1.807) is 12.1 Å². The van der Waals surface area contributed by atoms with Crippen LogP contribution in [0, 0.1) is 11.3 Å². The van der Waals surface area contributed by atoms with Crippen LogP contribution in [0.1, 0.15) is 12.0 Å². The number of anilines is 1. The van der Waals surface area contributed by atoms with Gasteiger partial charge in [0.1, 0.15) is 6.07 Å². The van der Waals surface area contributed by atoms with Crippen molar-refractivity contribution in [1.29, 1.82) is 5.26 Å². The predicted octanol–water partition coefficient (Wildman–Crippen LogP) is 2.41. The fourth-order valence-electron chi connectivity index (χ4n) is 1.58. The van der Waals surface area contributed by atoms with Gasteiger partial charge in [0.2, 0.25) is 0 Å². The van der Waals surface area contributed by atoms with Gasteiger partial charge in [0, 0.05) is 12.3 Å². The molecule has 1 saturated heterocycles. The van der Waals surface area contributed by atoms with Gasteiger partial charge in [-0.1, -0.05) is 11.6 Å². The Bertz CT molecular complexity index is 394. The van der Waals surface area contributed by atoms with Gasteiger partial charge in [0.05, 0.1) is 23.2 Å². The molecule has 2 rings (SSSR count). The van der Waals surface area contributed by atoms with Gasteiger partial charge in [-0.15, -0.1) is 0 Å². The lowest BCUT2D eigenvalue weighted by Gasteiger charge is -2.12. The smallest absolute Gasteiger partial charge is 0.101 e. The van der Waals surface area contributed by atoms with Gasteiger partial charge in [-0.2, -0.15) is 5.26 Å². The van der Waals surface area contributed by atoms with Gasteiger partial charge in [-0.3, -0.25) is 0 Å². The van der Waals surface area contributed by atoms with Crippen molar-refractivity contribution in [1.82, 2.24) is 0 Å². The Balaban J connectivity index is 2.11. The molecule has 0 aliphatic carbocycles. The number of halogens is 1. The third kappa shape index (κ3) is 2.41. The third-order valence-electron chi connectivity index (χ3n) is 2.39. The zero-order chi connectivity index (χ0) is 10.7. The number of rotatable bonds is 2. The van der Waals surface area contributed by atoms with Crippen LogP contribution >= 0.6 is 11.6 Å². The molecule has 0 radical (unpaired) electrons. The Hall–Kier alpha value is -1.24. The van der Waals surface area contributed by atoms with Crippen LogP contribution in [0.5, 0.6) is 0 Å². The van der Waals surface area contributed by atoms with Crippen LogP contribution in [0.25, 0.3) is 0 Å². The van der Waals surface area contributed by atoms with Crippen molar-refractivity contribution in [3.8, 4) is 6.07 Å². The molecule has 0 amide bonds. The van der Waals surface area contributed by atoms with E-state index in [1.165, 1.54) is 0 Å². The predicted molar refractivity (Wildman–Crippen MR) is 59.0 cm³/mol. The minimum Gasteiger partial charge on any atom is -0.380 e. The molecule has 1 fully saturated rings. The first-order chi connectivity index (χ1) is 7.29. The lowest BCUT2D eigenvalue weighted by Crippen LogP contribution is -2.18. The molecule has 1 aromatic carbocycles. The highest BCUT2D eigenvalue weighted by Gasteiger charge is 2.15. The van der Waals surface area contributed by atoms with Crippen LogP contribution in [-0.4, -0.2) is 19.3 Å². The van der Waals surface area contributed by atoms with Gasteiger partial charge >= 0.3 is 0 Å². The number of nitrogens with zero attached hydrogens (tertiary/aromatic N) is 1. The molecule has 1 aliphatic rings. The molecule has 3 nitrogen and oxygen atoms in total. The van der Waals surface area contributed by atoms with Crippen LogP contribution < -0.4 is 5.32 Å². The van der Waals surface area contributed by atoms with Gasteiger partial charge in [0.15, 0.2) is 0 Å². The number of hydrogen-bond donors (Lipinski definition) is 1. The van der Waals surface area contributed by atoms with Gasteiger partial charge in [0.25, 0.3) is 0 Å². The van der Waals surface area contributed by atoms with Crippen molar-refractivity contribution >= 4 is 17.3 Å². The topological polar surface area (TPSA) is 45.0 Å². The first kappa shape index (κ1) is 10.3. The van der Waals surface area contributed by atoms with Crippen molar-refractivity contribution in [3.63, 3.8) is 0 Å². The van der Waals surface area contributed by atoms with Crippen molar-refractivity contribution in [2.45, 2.75) is 12.5 Å². The Kier molecular flexibility index (Phi) is 3.10. The lowest BCUT2D eigenvalue weighted by molar-refractivity contribution is 0.195. The zero-order valence-corrected chi connectivity index (χ0v) is 8.92. The standard InChI is InChI=1S/C11H11ClN2O/c12-11-2-1-9(5-8(11)6-13)14-10-3-4-15-7-10/h1-2,5,10,14H,3-4,7H2. The van der Waals surface area contributed by atoms with Gasteiger partial charge in [-0.25, -0.2) is 0 Å². The van der Waals surface area contributed by atoms with Crippen LogP contribution in [0.3, 0.4) is 0 Å². The summed E-state index contributed by atoms with van der Waals surface area (Å²) in [7, 11) is 0. The second-order valence-corrected chi connectivity index (χ2v) is 3.92. The maximum Gasteiger partial charge on any atom is 0.101 e. The Morgan fingerprint density at radius 2 is 2.40 bits per heavy atom. The molecule has 0 saturated carbocycles. The van der Waals surface area contributed by atoms with Crippen molar-refractivity contribution in [2.24, 2.45) is 0 Å². The normalized spacial score (nSPS) is 19.9. The Morgan fingerprint density at radius 3 is 3.07 bits per heavy atom. The summed E-state index contributed by atoms with van der Waals surface area (Å²) in [4.78, 5) is 0. The summed E-state index contributed by atoms with van der Waals surface area (Å²) in [6.45, 7) is 1.53. The largest absolute Gasteiger partial charge is 0.380 e. The first-order valence-corrected chi connectivity index (χ1v) is 5.21. The summed E-state index contributed by atoms with van der Waals surface area (Å²) < 4.78 is 5.26. The van der Waals surface area contributed by atoms with Crippen molar-refractivity contribution < 1.29 is 4.74 Å². The van der Waals surface area contributed by atoms with Crippen LogP contribution in [-0.2, 0) is 4.74 Å². The molecule has 1 unspecified atom stereocenters. The zero-order valence-electron chi connectivity index (χ0n) is 8.16. The van der Waals surface area contributed by atoms with Crippen molar-refractivity contribution in [3.05, 3.63) is 28.8 Å². The fraction of sp³-hybridized carbons (Fsp3) is 0.364. The van der Waals surface area contributed by atoms with E-state index in [9.17, 15) is 0 Å². The van der Waals surface area contributed by atoms with E-state index in [1.807, 2.05) is 6.07 Å². The van der Waals surface area contributed by atoms with Crippen LogP contribution in [0.2, 0.25) is 5.02 Å². The van der Waals surface area contributed by atoms with Crippen molar-refractivity contribution in [2.75, 3.05) is 18.5 Å². The molecular formula is C11H11ClN2O. The lowest BCUT2D eigenvalue weighted by atomic mass is 10.2.